The Kier molecular flexibility index (Phi) is 4.53. The largest absolute Gasteiger partial charge is 0.452 e. The number of rotatable bonds is 3. The van der Waals surface area contributed by atoms with Gasteiger partial charge in [-0.1, -0.05) is 30.3 Å². The van der Waals surface area contributed by atoms with Crippen LogP contribution >= 0.6 is 0 Å². The lowest BCUT2D eigenvalue weighted by Gasteiger charge is -2.38. The van der Waals surface area contributed by atoms with Crippen molar-refractivity contribution in [3.8, 4) is 0 Å². The number of aliphatic hydroxyl groups is 1. The normalized spacial score (nSPS) is 19.8. The van der Waals surface area contributed by atoms with Gasteiger partial charge in [-0.2, -0.15) is 13.2 Å². The Labute approximate surface area is 119 Å². The van der Waals surface area contributed by atoms with Crippen LogP contribution < -0.4 is 5.32 Å². The number of benzene rings is 1. The molecule has 1 atom stereocenters. The molecule has 116 valence electrons. The molecule has 1 aromatic rings. The SMILES string of the molecule is O=C(OC1(c2ccccc2)CCNCC1)C(O)C(F)(F)F. The van der Waals surface area contributed by atoms with Crippen LogP contribution in [0.4, 0.5) is 13.2 Å². The highest BCUT2D eigenvalue weighted by Crippen LogP contribution is 2.36. The Bertz CT molecular complexity index is 484. The van der Waals surface area contributed by atoms with Gasteiger partial charge >= 0.3 is 12.1 Å². The zero-order valence-corrected chi connectivity index (χ0v) is 11.2. The molecule has 1 fully saturated rings. The van der Waals surface area contributed by atoms with Crippen LogP contribution in [0.2, 0.25) is 0 Å². The van der Waals surface area contributed by atoms with Crippen LogP contribution in [0, 0.1) is 0 Å². The fourth-order valence-corrected chi connectivity index (χ4v) is 2.40. The molecule has 1 aliphatic rings. The van der Waals surface area contributed by atoms with Crippen molar-refractivity contribution in [2.45, 2.75) is 30.7 Å². The summed E-state index contributed by atoms with van der Waals surface area (Å²) in [6.45, 7) is 1.04. The minimum Gasteiger partial charge on any atom is -0.452 e. The van der Waals surface area contributed by atoms with Gasteiger partial charge in [0.05, 0.1) is 0 Å². The predicted octanol–water partition coefficient (Wildman–Crippen LogP) is 1.73. The first-order valence-electron chi connectivity index (χ1n) is 6.59. The first-order chi connectivity index (χ1) is 9.85. The number of halogens is 3. The van der Waals surface area contributed by atoms with Crippen LogP contribution in [-0.2, 0) is 15.1 Å². The molecule has 7 heteroatoms. The summed E-state index contributed by atoms with van der Waals surface area (Å²) in [6, 6.07) is 8.64. The Morgan fingerprint density at radius 3 is 2.33 bits per heavy atom. The van der Waals surface area contributed by atoms with E-state index in [1.54, 1.807) is 30.3 Å². The number of carbonyl (C=O) groups is 1. The fourth-order valence-electron chi connectivity index (χ4n) is 2.40. The highest BCUT2D eigenvalue weighted by molar-refractivity contribution is 5.76. The first-order valence-corrected chi connectivity index (χ1v) is 6.59. The van der Waals surface area contributed by atoms with E-state index in [-0.39, 0.29) is 0 Å². The van der Waals surface area contributed by atoms with Gasteiger partial charge in [0.15, 0.2) is 0 Å². The third-order valence-corrected chi connectivity index (χ3v) is 3.54. The summed E-state index contributed by atoms with van der Waals surface area (Å²) in [7, 11) is 0. The lowest BCUT2D eigenvalue weighted by molar-refractivity contribution is -0.227. The van der Waals surface area contributed by atoms with Crippen molar-refractivity contribution in [3.05, 3.63) is 35.9 Å². The molecule has 0 aromatic heterocycles. The van der Waals surface area contributed by atoms with Crippen molar-refractivity contribution < 1.29 is 27.8 Å². The highest BCUT2D eigenvalue weighted by atomic mass is 19.4. The summed E-state index contributed by atoms with van der Waals surface area (Å²) in [5, 5.41) is 12.1. The first kappa shape index (κ1) is 15.8. The number of alkyl halides is 3. The number of nitrogens with one attached hydrogen (secondary N) is 1. The van der Waals surface area contributed by atoms with Gasteiger partial charge in [0, 0.05) is 12.8 Å². The molecular formula is C14H16F3NO3. The third-order valence-electron chi connectivity index (χ3n) is 3.54. The van der Waals surface area contributed by atoms with Gasteiger partial charge in [-0.25, -0.2) is 4.79 Å². The standard InChI is InChI=1S/C14H16F3NO3/c15-14(16,17)11(19)12(20)21-13(6-8-18-9-7-13)10-4-2-1-3-5-10/h1-5,11,18-19H,6-9H2. The average molecular weight is 303 g/mol. The van der Waals surface area contributed by atoms with Crippen LogP contribution in [0.15, 0.2) is 30.3 Å². The molecule has 21 heavy (non-hydrogen) atoms. The van der Waals surface area contributed by atoms with Crippen LogP contribution in [0.3, 0.4) is 0 Å². The van der Waals surface area contributed by atoms with E-state index in [0.717, 1.165) is 0 Å². The minimum atomic E-state index is -5.03. The molecule has 2 rings (SSSR count). The zero-order valence-electron chi connectivity index (χ0n) is 11.2. The second-order valence-electron chi connectivity index (χ2n) is 4.98. The van der Waals surface area contributed by atoms with Gasteiger partial charge < -0.3 is 15.2 Å². The molecule has 0 spiro atoms. The molecule has 2 N–H and O–H groups in total. The van der Waals surface area contributed by atoms with Crippen molar-refractivity contribution in [2.75, 3.05) is 13.1 Å². The Morgan fingerprint density at radius 2 is 1.81 bits per heavy atom. The van der Waals surface area contributed by atoms with Gasteiger partial charge in [-0.05, 0) is 18.7 Å². The monoisotopic (exact) mass is 303 g/mol. The van der Waals surface area contributed by atoms with E-state index >= 15 is 0 Å². The Balaban J connectivity index is 2.24. The summed E-state index contributed by atoms with van der Waals surface area (Å²) in [4.78, 5) is 11.6. The van der Waals surface area contributed by atoms with Crippen LogP contribution in [0.25, 0.3) is 0 Å². The maximum atomic E-state index is 12.4. The van der Waals surface area contributed by atoms with E-state index in [4.69, 9.17) is 9.84 Å². The molecule has 0 radical (unpaired) electrons. The van der Waals surface area contributed by atoms with Gasteiger partial charge in [0.25, 0.3) is 0 Å². The van der Waals surface area contributed by atoms with Gasteiger partial charge in [0.2, 0.25) is 6.10 Å². The summed E-state index contributed by atoms with van der Waals surface area (Å²) in [6.07, 6.45) is -7.43. The number of esters is 1. The molecule has 1 saturated heterocycles. The molecule has 0 aliphatic carbocycles. The number of aliphatic hydroxyl groups excluding tert-OH is 1. The number of carbonyl (C=O) groups excluding carboxylic acids is 1. The smallest absolute Gasteiger partial charge is 0.425 e. The van der Waals surface area contributed by atoms with Crippen molar-refractivity contribution >= 4 is 5.97 Å². The van der Waals surface area contributed by atoms with Crippen molar-refractivity contribution in [1.29, 1.82) is 0 Å². The number of piperidine rings is 1. The van der Waals surface area contributed by atoms with Crippen molar-refractivity contribution in [1.82, 2.24) is 5.32 Å². The van der Waals surface area contributed by atoms with E-state index < -0.39 is 23.9 Å². The predicted molar refractivity (Wildman–Crippen MR) is 68.4 cm³/mol. The number of hydrogen-bond acceptors (Lipinski definition) is 4. The van der Waals surface area contributed by atoms with Gasteiger partial charge in [-0.15, -0.1) is 0 Å². The van der Waals surface area contributed by atoms with Crippen LogP contribution in [0.1, 0.15) is 18.4 Å². The van der Waals surface area contributed by atoms with Gasteiger partial charge in [0.1, 0.15) is 5.60 Å². The van der Waals surface area contributed by atoms with E-state index in [1.807, 2.05) is 0 Å². The summed E-state index contributed by atoms with van der Waals surface area (Å²) >= 11 is 0. The molecule has 1 heterocycles. The fraction of sp³-hybridized carbons (Fsp3) is 0.500. The maximum absolute atomic E-state index is 12.4. The Morgan fingerprint density at radius 1 is 1.24 bits per heavy atom. The topological polar surface area (TPSA) is 58.6 Å². The molecule has 0 saturated carbocycles. The molecule has 1 unspecified atom stereocenters. The zero-order chi connectivity index (χ0) is 15.5. The summed E-state index contributed by atoms with van der Waals surface area (Å²) < 4.78 is 42.4. The number of hydrogen-bond donors (Lipinski definition) is 2. The summed E-state index contributed by atoms with van der Waals surface area (Å²) in [5.41, 5.74) is -0.496. The highest BCUT2D eigenvalue weighted by Gasteiger charge is 2.48. The molecule has 1 aromatic carbocycles. The van der Waals surface area contributed by atoms with Crippen LogP contribution in [0.5, 0.6) is 0 Å². The molecule has 4 nitrogen and oxygen atoms in total. The van der Waals surface area contributed by atoms with E-state index in [0.29, 0.717) is 31.5 Å². The number of ether oxygens (including phenoxy) is 1. The lowest BCUT2D eigenvalue weighted by atomic mass is 9.84. The van der Waals surface area contributed by atoms with Crippen LogP contribution in [-0.4, -0.2) is 36.4 Å². The molecular weight excluding hydrogens is 287 g/mol. The van der Waals surface area contributed by atoms with E-state index in [1.165, 1.54) is 0 Å². The lowest BCUT2D eigenvalue weighted by Crippen LogP contribution is -2.47. The van der Waals surface area contributed by atoms with Gasteiger partial charge in [-0.3, -0.25) is 0 Å². The maximum Gasteiger partial charge on any atom is 0.425 e. The van der Waals surface area contributed by atoms with E-state index in [2.05, 4.69) is 5.32 Å². The van der Waals surface area contributed by atoms with Crippen molar-refractivity contribution in [3.63, 3.8) is 0 Å². The molecule has 1 aliphatic heterocycles. The third kappa shape index (κ3) is 3.54. The summed E-state index contributed by atoms with van der Waals surface area (Å²) in [5.74, 6) is -1.66. The Hall–Kier alpha value is -1.60. The second kappa shape index (κ2) is 6.03. The quantitative estimate of drug-likeness (QED) is 0.835. The van der Waals surface area contributed by atoms with Crippen molar-refractivity contribution in [2.24, 2.45) is 0 Å². The minimum absolute atomic E-state index is 0.354. The average Bonchev–Trinajstić information content (AvgIpc) is 2.47. The molecule has 0 amide bonds. The van der Waals surface area contributed by atoms with E-state index in [9.17, 15) is 18.0 Å². The second-order valence-corrected chi connectivity index (χ2v) is 4.98. The molecule has 0 bridgehead atoms.